The molecule has 0 aromatic carbocycles. The second-order valence-corrected chi connectivity index (χ2v) is 7.44. The summed E-state index contributed by atoms with van der Waals surface area (Å²) in [6, 6.07) is 0. The van der Waals surface area contributed by atoms with Crippen LogP contribution in [0.1, 0.15) is 64.2 Å². The molecule has 0 amide bonds. The maximum absolute atomic E-state index is 5.69. The smallest absolute Gasteiger partial charge is 0.192 e. The second kappa shape index (κ2) is 4.44. The SMILES string of the molecule is S=C1NC2(CCCCC2)N2C(=S)NC3(CCCCC3)N12. The van der Waals surface area contributed by atoms with E-state index in [0.717, 1.165) is 35.9 Å². The van der Waals surface area contributed by atoms with Gasteiger partial charge in [0.05, 0.1) is 0 Å². The number of nitrogens with zero attached hydrogens (tertiary/aromatic N) is 2. The molecule has 0 unspecified atom stereocenters. The third-order valence-corrected chi connectivity index (χ3v) is 5.99. The van der Waals surface area contributed by atoms with Crippen molar-refractivity contribution < 1.29 is 0 Å². The number of hydrogen-bond acceptors (Lipinski definition) is 2. The number of nitrogens with one attached hydrogen (secondary N) is 2. The molecule has 2 aliphatic heterocycles. The van der Waals surface area contributed by atoms with Crippen LogP contribution in [0.4, 0.5) is 0 Å². The van der Waals surface area contributed by atoms with Crippen molar-refractivity contribution in [3.63, 3.8) is 0 Å². The van der Waals surface area contributed by atoms with Crippen molar-refractivity contribution >= 4 is 34.7 Å². The Morgan fingerprint density at radius 2 is 1.00 bits per heavy atom. The quantitative estimate of drug-likeness (QED) is 0.669. The molecule has 4 nitrogen and oxygen atoms in total. The van der Waals surface area contributed by atoms with Crippen LogP contribution in [-0.2, 0) is 0 Å². The molecule has 2 N–H and O–H groups in total. The largest absolute Gasteiger partial charge is 0.337 e. The molecule has 2 spiro atoms. The zero-order chi connectivity index (χ0) is 13.8. The van der Waals surface area contributed by atoms with E-state index in [-0.39, 0.29) is 11.3 Å². The minimum atomic E-state index is -0.0413. The summed E-state index contributed by atoms with van der Waals surface area (Å²) in [5.41, 5.74) is -0.0826. The number of rotatable bonds is 0. The topological polar surface area (TPSA) is 30.5 Å². The highest BCUT2D eigenvalue weighted by molar-refractivity contribution is 7.80. The molecule has 4 fully saturated rings. The molecule has 0 aromatic heterocycles. The maximum Gasteiger partial charge on any atom is 0.192 e. The minimum Gasteiger partial charge on any atom is -0.337 e. The van der Waals surface area contributed by atoms with Gasteiger partial charge in [0.1, 0.15) is 11.3 Å². The Balaban J connectivity index is 1.72. The van der Waals surface area contributed by atoms with Crippen LogP contribution in [0.2, 0.25) is 0 Å². The minimum absolute atomic E-state index is 0.0413. The van der Waals surface area contributed by atoms with Crippen LogP contribution in [0.5, 0.6) is 0 Å². The first-order valence-electron chi connectivity index (χ1n) is 7.92. The molecule has 2 aliphatic carbocycles. The van der Waals surface area contributed by atoms with Gasteiger partial charge in [-0.3, -0.25) is 0 Å². The van der Waals surface area contributed by atoms with Crippen LogP contribution in [0.15, 0.2) is 0 Å². The monoisotopic (exact) mass is 310 g/mol. The van der Waals surface area contributed by atoms with Crippen molar-refractivity contribution in [3.8, 4) is 0 Å². The van der Waals surface area contributed by atoms with Crippen molar-refractivity contribution in [1.29, 1.82) is 0 Å². The molecule has 6 heteroatoms. The van der Waals surface area contributed by atoms with Gasteiger partial charge < -0.3 is 10.6 Å². The molecule has 4 rings (SSSR count). The lowest BCUT2D eigenvalue weighted by atomic mass is 9.89. The Labute approximate surface area is 131 Å². The van der Waals surface area contributed by atoms with Gasteiger partial charge in [0.2, 0.25) is 0 Å². The Hall–Kier alpha value is -0.620. The van der Waals surface area contributed by atoms with Gasteiger partial charge in [-0.1, -0.05) is 12.8 Å². The molecule has 0 radical (unpaired) electrons. The lowest BCUT2D eigenvalue weighted by molar-refractivity contribution is -0.0310. The van der Waals surface area contributed by atoms with E-state index < -0.39 is 0 Å². The van der Waals surface area contributed by atoms with Crippen LogP contribution in [0, 0.1) is 0 Å². The van der Waals surface area contributed by atoms with E-state index >= 15 is 0 Å². The average Bonchev–Trinajstić information content (AvgIpc) is 2.88. The highest BCUT2D eigenvalue weighted by Gasteiger charge is 2.60. The van der Waals surface area contributed by atoms with E-state index in [0.29, 0.717) is 0 Å². The van der Waals surface area contributed by atoms with E-state index in [1.807, 2.05) is 0 Å². The standard InChI is InChI=1S/C14H22N4S2/c19-11-15-13(7-3-1-4-8-13)17-12(20)16-14(18(11)17)9-5-2-6-10-14/h1-10H2,(H,15,19)(H,16,20). The zero-order valence-corrected chi connectivity index (χ0v) is 13.4. The molecule has 2 saturated carbocycles. The fourth-order valence-corrected chi connectivity index (χ4v) is 5.40. The Morgan fingerprint density at radius 1 is 0.650 bits per heavy atom. The third kappa shape index (κ3) is 1.64. The second-order valence-electron chi connectivity index (χ2n) is 6.67. The summed E-state index contributed by atoms with van der Waals surface area (Å²) < 4.78 is 0. The van der Waals surface area contributed by atoms with Crippen molar-refractivity contribution in [2.24, 2.45) is 0 Å². The number of hydrazine groups is 1. The molecular formula is C14H22N4S2. The molecular weight excluding hydrogens is 288 g/mol. The molecule has 0 atom stereocenters. The van der Waals surface area contributed by atoms with Crippen molar-refractivity contribution in [1.82, 2.24) is 20.7 Å². The number of fused-ring (bicyclic) bond motifs is 3. The number of hydrogen-bond donors (Lipinski definition) is 2. The maximum atomic E-state index is 5.69. The Kier molecular flexibility index (Phi) is 2.90. The van der Waals surface area contributed by atoms with Crippen LogP contribution in [-0.4, -0.2) is 31.6 Å². The van der Waals surface area contributed by atoms with Gasteiger partial charge in [-0.2, -0.15) is 0 Å². The van der Waals surface area contributed by atoms with E-state index in [9.17, 15) is 0 Å². The summed E-state index contributed by atoms with van der Waals surface area (Å²) >= 11 is 11.4. The Bertz CT molecular complexity index is 410. The number of thiocarbonyl (C=S) groups is 2. The molecule has 2 heterocycles. The van der Waals surface area contributed by atoms with Gasteiger partial charge in [-0.25, -0.2) is 10.0 Å². The van der Waals surface area contributed by atoms with Crippen LogP contribution < -0.4 is 10.6 Å². The fraction of sp³-hybridized carbons (Fsp3) is 0.857. The van der Waals surface area contributed by atoms with Gasteiger partial charge >= 0.3 is 0 Å². The molecule has 0 aromatic rings. The van der Waals surface area contributed by atoms with Gasteiger partial charge in [0, 0.05) is 0 Å². The molecule has 0 bridgehead atoms. The van der Waals surface area contributed by atoms with Gasteiger partial charge in [0.15, 0.2) is 10.2 Å². The summed E-state index contributed by atoms with van der Waals surface area (Å²) in [4.78, 5) is 0. The average molecular weight is 310 g/mol. The van der Waals surface area contributed by atoms with Gasteiger partial charge in [0.25, 0.3) is 0 Å². The van der Waals surface area contributed by atoms with Gasteiger partial charge in [-0.15, -0.1) is 0 Å². The summed E-state index contributed by atoms with van der Waals surface area (Å²) in [6.07, 6.45) is 12.3. The Morgan fingerprint density at radius 3 is 1.35 bits per heavy atom. The highest BCUT2D eigenvalue weighted by atomic mass is 32.1. The van der Waals surface area contributed by atoms with Crippen LogP contribution in [0.3, 0.4) is 0 Å². The first kappa shape index (κ1) is 13.1. The molecule has 110 valence electrons. The summed E-state index contributed by atoms with van der Waals surface area (Å²) in [6.45, 7) is 0. The molecule has 2 saturated heterocycles. The zero-order valence-electron chi connectivity index (χ0n) is 11.8. The van der Waals surface area contributed by atoms with Crippen LogP contribution >= 0.6 is 24.4 Å². The highest BCUT2D eigenvalue weighted by Crippen LogP contribution is 2.45. The van der Waals surface area contributed by atoms with Gasteiger partial charge in [-0.05, 0) is 75.8 Å². The normalized spacial score (nSPS) is 30.6. The molecule has 20 heavy (non-hydrogen) atoms. The van der Waals surface area contributed by atoms with Crippen molar-refractivity contribution in [2.45, 2.75) is 75.5 Å². The first-order valence-corrected chi connectivity index (χ1v) is 8.73. The van der Waals surface area contributed by atoms with E-state index in [4.69, 9.17) is 24.4 Å². The predicted molar refractivity (Wildman–Crippen MR) is 86.8 cm³/mol. The first-order chi connectivity index (χ1) is 9.67. The van der Waals surface area contributed by atoms with E-state index in [2.05, 4.69) is 20.7 Å². The summed E-state index contributed by atoms with van der Waals surface area (Å²) in [5, 5.41) is 13.6. The lowest BCUT2D eigenvalue weighted by Crippen LogP contribution is -2.56. The van der Waals surface area contributed by atoms with E-state index in [1.165, 1.54) is 38.5 Å². The van der Waals surface area contributed by atoms with Crippen molar-refractivity contribution in [2.75, 3.05) is 0 Å². The predicted octanol–water partition coefficient (Wildman–Crippen LogP) is 2.60. The molecule has 4 aliphatic rings. The van der Waals surface area contributed by atoms with E-state index in [1.54, 1.807) is 0 Å². The van der Waals surface area contributed by atoms with Crippen LogP contribution in [0.25, 0.3) is 0 Å². The van der Waals surface area contributed by atoms with Crippen molar-refractivity contribution in [3.05, 3.63) is 0 Å². The lowest BCUT2D eigenvalue weighted by Gasteiger charge is -2.43. The fourth-order valence-electron chi connectivity index (χ4n) is 4.51. The summed E-state index contributed by atoms with van der Waals surface area (Å²) in [7, 11) is 0. The third-order valence-electron chi connectivity index (χ3n) is 5.44. The summed E-state index contributed by atoms with van der Waals surface area (Å²) in [5.74, 6) is 0.